The summed E-state index contributed by atoms with van der Waals surface area (Å²) in [5.41, 5.74) is 1.68. The molecule has 10 heteroatoms. The molecule has 0 aliphatic heterocycles. The predicted molar refractivity (Wildman–Crippen MR) is 147 cm³/mol. The van der Waals surface area contributed by atoms with Crippen LogP contribution in [-0.4, -0.2) is 44.8 Å². The second kappa shape index (κ2) is 12.4. The van der Waals surface area contributed by atoms with Crippen LogP contribution in [0.25, 0.3) is 0 Å². The minimum absolute atomic E-state index is 0.0156. The quantitative estimate of drug-likeness (QED) is 0.375. The van der Waals surface area contributed by atoms with Crippen LogP contribution in [0.4, 0.5) is 5.69 Å². The number of halogens is 2. The Labute approximate surface area is 228 Å². The second-order valence-corrected chi connectivity index (χ2v) is 11.1. The van der Waals surface area contributed by atoms with Crippen molar-refractivity contribution in [2.24, 2.45) is 0 Å². The van der Waals surface area contributed by atoms with Gasteiger partial charge in [-0.2, -0.15) is 0 Å². The molecule has 0 aromatic heterocycles. The molecule has 0 aliphatic rings. The van der Waals surface area contributed by atoms with Gasteiger partial charge in [0.05, 0.1) is 15.6 Å². The number of nitrogens with zero attached hydrogens (tertiary/aromatic N) is 2. The molecule has 2 amide bonds. The molecule has 3 rings (SSSR count). The van der Waals surface area contributed by atoms with Crippen LogP contribution >= 0.6 is 23.2 Å². The van der Waals surface area contributed by atoms with E-state index in [-0.39, 0.29) is 28.1 Å². The first kappa shape index (κ1) is 28.5. The van der Waals surface area contributed by atoms with E-state index in [1.165, 1.54) is 30.1 Å². The molecule has 0 heterocycles. The third-order valence-electron chi connectivity index (χ3n) is 5.94. The van der Waals surface area contributed by atoms with Gasteiger partial charge in [-0.1, -0.05) is 78.2 Å². The van der Waals surface area contributed by atoms with Crippen LogP contribution in [-0.2, 0) is 26.2 Å². The van der Waals surface area contributed by atoms with Gasteiger partial charge in [-0.05, 0) is 49.2 Å². The van der Waals surface area contributed by atoms with E-state index in [0.717, 1.165) is 9.87 Å². The highest BCUT2D eigenvalue weighted by Gasteiger charge is 2.34. The summed E-state index contributed by atoms with van der Waals surface area (Å²) in [5.74, 6) is -0.945. The summed E-state index contributed by atoms with van der Waals surface area (Å²) < 4.78 is 28.6. The van der Waals surface area contributed by atoms with Crippen molar-refractivity contribution < 1.29 is 18.0 Å². The van der Waals surface area contributed by atoms with E-state index in [1.807, 2.05) is 6.92 Å². The molecule has 0 bridgehead atoms. The lowest BCUT2D eigenvalue weighted by Crippen LogP contribution is -2.51. The van der Waals surface area contributed by atoms with E-state index in [1.54, 1.807) is 61.5 Å². The summed E-state index contributed by atoms with van der Waals surface area (Å²) in [4.78, 5) is 28.0. The van der Waals surface area contributed by atoms with Crippen molar-refractivity contribution in [2.75, 3.05) is 17.9 Å². The van der Waals surface area contributed by atoms with Gasteiger partial charge in [-0.15, -0.1) is 0 Å². The number of benzene rings is 3. The van der Waals surface area contributed by atoms with Crippen molar-refractivity contribution in [3.05, 3.63) is 94.0 Å². The number of carbonyl (C=O) groups is 2. The topological polar surface area (TPSA) is 86.8 Å². The molecule has 0 saturated carbocycles. The Hall–Kier alpha value is -3.07. The summed E-state index contributed by atoms with van der Waals surface area (Å²) >= 11 is 12.8. The van der Waals surface area contributed by atoms with Gasteiger partial charge in [0.2, 0.25) is 11.8 Å². The fourth-order valence-electron chi connectivity index (χ4n) is 3.90. The summed E-state index contributed by atoms with van der Waals surface area (Å²) in [6.45, 7) is 3.08. The smallest absolute Gasteiger partial charge is 0.264 e. The zero-order valence-corrected chi connectivity index (χ0v) is 23.1. The number of anilines is 1. The number of para-hydroxylation sites is 1. The van der Waals surface area contributed by atoms with Gasteiger partial charge in [-0.3, -0.25) is 13.9 Å². The van der Waals surface area contributed by atoms with Gasteiger partial charge >= 0.3 is 0 Å². The van der Waals surface area contributed by atoms with Crippen molar-refractivity contribution in [1.82, 2.24) is 10.2 Å². The largest absolute Gasteiger partial charge is 0.357 e. The lowest BCUT2D eigenvalue weighted by atomic mass is 10.1. The van der Waals surface area contributed by atoms with E-state index in [2.05, 4.69) is 5.32 Å². The van der Waals surface area contributed by atoms with Crippen LogP contribution in [0.15, 0.2) is 77.7 Å². The van der Waals surface area contributed by atoms with Crippen LogP contribution in [0.3, 0.4) is 0 Å². The standard InChI is InChI=1S/C27H29Cl2N3O4S/c1-4-24(27(34)30-3)31(17-20-9-5-6-10-22(20)28)26(33)18-32(25-12-8-7-11-23(25)29)37(35,36)21-15-13-19(2)14-16-21/h5-16,24H,4,17-18H2,1-3H3,(H,30,34). The van der Waals surface area contributed by atoms with E-state index in [0.29, 0.717) is 17.0 Å². The highest BCUT2D eigenvalue weighted by Crippen LogP contribution is 2.31. The zero-order chi connectivity index (χ0) is 27.2. The first-order chi connectivity index (χ1) is 17.6. The van der Waals surface area contributed by atoms with Gasteiger partial charge in [0, 0.05) is 18.6 Å². The Morgan fingerprint density at radius 3 is 2.08 bits per heavy atom. The third kappa shape index (κ3) is 6.63. The number of nitrogens with one attached hydrogen (secondary N) is 1. The van der Waals surface area contributed by atoms with Crippen molar-refractivity contribution in [3.8, 4) is 0 Å². The SMILES string of the molecule is CCC(C(=O)NC)N(Cc1ccccc1Cl)C(=O)CN(c1ccccc1Cl)S(=O)(=O)c1ccc(C)cc1. The number of rotatable bonds is 10. The molecule has 196 valence electrons. The predicted octanol–water partition coefficient (Wildman–Crippen LogP) is 5.05. The van der Waals surface area contributed by atoms with Gasteiger partial charge in [-0.25, -0.2) is 8.42 Å². The average molecular weight is 563 g/mol. The van der Waals surface area contributed by atoms with E-state index in [4.69, 9.17) is 23.2 Å². The van der Waals surface area contributed by atoms with Crippen molar-refractivity contribution in [1.29, 1.82) is 0 Å². The molecule has 0 saturated heterocycles. The highest BCUT2D eigenvalue weighted by atomic mass is 35.5. The molecule has 1 unspecified atom stereocenters. The van der Waals surface area contributed by atoms with Crippen molar-refractivity contribution in [2.45, 2.75) is 37.8 Å². The Morgan fingerprint density at radius 2 is 1.51 bits per heavy atom. The number of hydrogen-bond donors (Lipinski definition) is 1. The van der Waals surface area contributed by atoms with E-state index in [9.17, 15) is 18.0 Å². The number of sulfonamides is 1. The normalized spacial score (nSPS) is 12.0. The molecule has 0 spiro atoms. The molecule has 3 aromatic carbocycles. The van der Waals surface area contributed by atoms with Crippen LogP contribution in [0.5, 0.6) is 0 Å². The maximum atomic E-state index is 13.9. The summed E-state index contributed by atoms with van der Waals surface area (Å²) in [5, 5.41) is 3.19. The maximum absolute atomic E-state index is 13.9. The Balaban J connectivity index is 2.08. The molecule has 37 heavy (non-hydrogen) atoms. The minimum Gasteiger partial charge on any atom is -0.357 e. The Morgan fingerprint density at radius 1 is 0.919 bits per heavy atom. The van der Waals surface area contributed by atoms with Crippen molar-refractivity contribution >= 4 is 50.7 Å². The van der Waals surface area contributed by atoms with E-state index >= 15 is 0 Å². The first-order valence-corrected chi connectivity index (χ1v) is 13.9. The lowest BCUT2D eigenvalue weighted by Gasteiger charge is -2.33. The zero-order valence-electron chi connectivity index (χ0n) is 20.8. The van der Waals surface area contributed by atoms with Gasteiger partial charge in [0.25, 0.3) is 10.0 Å². The number of carbonyl (C=O) groups excluding carboxylic acids is 2. The van der Waals surface area contributed by atoms with Crippen molar-refractivity contribution in [3.63, 3.8) is 0 Å². The second-order valence-electron chi connectivity index (χ2n) is 8.43. The molecule has 0 radical (unpaired) electrons. The maximum Gasteiger partial charge on any atom is 0.264 e. The molecular formula is C27H29Cl2N3O4S. The molecule has 0 aliphatic carbocycles. The Bertz CT molecular complexity index is 1360. The van der Waals surface area contributed by atoms with E-state index < -0.39 is 28.5 Å². The molecule has 1 N–H and O–H groups in total. The van der Waals surface area contributed by atoms with Crippen LogP contribution in [0.1, 0.15) is 24.5 Å². The number of amides is 2. The van der Waals surface area contributed by atoms with Crippen LogP contribution in [0, 0.1) is 6.92 Å². The summed E-state index contributed by atoms with van der Waals surface area (Å²) in [6, 6.07) is 18.9. The fraction of sp³-hybridized carbons (Fsp3) is 0.259. The molecular weight excluding hydrogens is 533 g/mol. The van der Waals surface area contributed by atoms with Crippen LogP contribution < -0.4 is 9.62 Å². The van der Waals surface area contributed by atoms with Gasteiger partial charge < -0.3 is 10.2 Å². The number of likely N-dealkylation sites (N-methyl/N-ethyl adjacent to an activating group) is 1. The third-order valence-corrected chi connectivity index (χ3v) is 8.40. The monoisotopic (exact) mass is 561 g/mol. The molecule has 7 nitrogen and oxygen atoms in total. The number of aryl methyl sites for hydroxylation is 1. The molecule has 1 atom stereocenters. The molecule has 3 aromatic rings. The van der Waals surface area contributed by atoms with Crippen LogP contribution in [0.2, 0.25) is 10.0 Å². The average Bonchev–Trinajstić information content (AvgIpc) is 2.88. The summed E-state index contributed by atoms with van der Waals surface area (Å²) in [6.07, 6.45) is 0.312. The fourth-order valence-corrected chi connectivity index (χ4v) is 5.82. The Kier molecular flexibility index (Phi) is 9.59. The van der Waals surface area contributed by atoms with Gasteiger partial charge in [0.1, 0.15) is 12.6 Å². The summed E-state index contributed by atoms with van der Waals surface area (Å²) in [7, 11) is -2.70. The highest BCUT2D eigenvalue weighted by molar-refractivity contribution is 7.92. The number of hydrogen-bond acceptors (Lipinski definition) is 4. The molecule has 0 fully saturated rings. The first-order valence-electron chi connectivity index (χ1n) is 11.7. The lowest BCUT2D eigenvalue weighted by molar-refractivity contribution is -0.140. The van der Waals surface area contributed by atoms with Gasteiger partial charge in [0.15, 0.2) is 0 Å². The minimum atomic E-state index is -4.19.